The summed E-state index contributed by atoms with van der Waals surface area (Å²) in [6, 6.07) is 0.647. The Labute approximate surface area is 103 Å². The van der Waals surface area contributed by atoms with Gasteiger partial charge >= 0.3 is 0 Å². The van der Waals surface area contributed by atoms with Crippen LogP contribution in [0.2, 0.25) is 0 Å². The quantitative estimate of drug-likeness (QED) is 0.634. The van der Waals surface area contributed by atoms with Crippen LogP contribution in [0, 0.1) is 11.3 Å². The van der Waals surface area contributed by atoms with Crippen LogP contribution in [0.3, 0.4) is 0 Å². The van der Waals surface area contributed by atoms with Gasteiger partial charge in [0.05, 0.1) is 0 Å². The fourth-order valence-corrected chi connectivity index (χ4v) is 2.42. The summed E-state index contributed by atoms with van der Waals surface area (Å²) in [5, 5.41) is 3.43. The molecule has 0 amide bonds. The van der Waals surface area contributed by atoms with Gasteiger partial charge in [0.15, 0.2) is 0 Å². The molecule has 0 rings (SSSR count). The van der Waals surface area contributed by atoms with E-state index in [9.17, 15) is 0 Å². The van der Waals surface area contributed by atoms with Crippen molar-refractivity contribution < 1.29 is 0 Å². The Hall–Kier alpha value is -0.300. The third-order valence-electron chi connectivity index (χ3n) is 2.98. The Morgan fingerprint density at radius 3 is 2.25 bits per heavy atom. The number of nitrogens with one attached hydrogen (secondary N) is 1. The molecule has 0 spiro atoms. The van der Waals surface area contributed by atoms with Gasteiger partial charge in [-0.1, -0.05) is 33.3 Å². The van der Waals surface area contributed by atoms with Gasteiger partial charge in [-0.2, -0.15) is 0 Å². The number of hydrogen-bond donors (Lipinski definition) is 1. The third kappa shape index (κ3) is 8.96. The van der Waals surface area contributed by atoms with E-state index in [0.717, 1.165) is 12.3 Å². The second-order valence-electron chi connectivity index (χ2n) is 6.59. The molecule has 0 saturated carbocycles. The van der Waals surface area contributed by atoms with Crippen LogP contribution in [-0.2, 0) is 0 Å². The molecule has 0 aromatic heterocycles. The summed E-state index contributed by atoms with van der Waals surface area (Å²) >= 11 is 0. The Morgan fingerprint density at radius 2 is 1.88 bits per heavy atom. The smallest absolute Gasteiger partial charge is 0.00696 e. The summed E-state index contributed by atoms with van der Waals surface area (Å²) < 4.78 is 0. The summed E-state index contributed by atoms with van der Waals surface area (Å²) in [4.78, 5) is 0. The van der Waals surface area contributed by atoms with Crippen molar-refractivity contribution in [2.24, 2.45) is 11.3 Å². The highest BCUT2D eigenvalue weighted by Gasteiger charge is 2.18. The van der Waals surface area contributed by atoms with Gasteiger partial charge in [-0.3, -0.25) is 0 Å². The Morgan fingerprint density at radius 1 is 1.31 bits per heavy atom. The Bertz CT molecular complexity index is 200. The van der Waals surface area contributed by atoms with E-state index in [1.807, 2.05) is 0 Å². The largest absolute Gasteiger partial charge is 0.317 e. The van der Waals surface area contributed by atoms with Crippen LogP contribution in [0.25, 0.3) is 0 Å². The van der Waals surface area contributed by atoms with Gasteiger partial charge in [-0.05, 0) is 51.0 Å². The first-order valence-corrected chi connectivity index (χ1v) is 6.56. The summed E-state index contributed by atoms with van der Waals surface area (Å²) in [5.74, 6) is 0.794. The molecule has 1 nitrogen and oxygen atoms in total. The van der Waals surface area contributed by atoms with Gasteiger partial charge in [0.1, 0.15) is 0 Å². The minimum atomic E-state index is 0.450. The average molecular weight is 225 g/mol. The van der Waals surface area contributed by atoms with Crippen LogP contribution in [0.15, 0.2) is 12.2 Å². The molecule has 16 heavy (non-hydrogen) atoms. The zero-order chi connectivity index (χ0) is 12.8. The zero-order valence-corrected chi connectivity index (χ0v) is 12.2. The molecular weight excluding hydrogens is 194 g/mol. The van der Waals surface area contributed by atoms with Crippen LogP contribution >= 0.6 is 0 Å². The van der Waals surface area contributed by atoms with Gasteiger partial charge < -0.3 is 5.32 Å². The van der Waals surface area contributed by atoms with E-state index in [-0.39, 0.29) is 0 Å². The molecule has 0 radical (unpaired) electrons. The van der Waals surface area contributed by atoms with E-state index in [1.165, 1.54) is 24.8 Å². The third-order valence-corrected chi connectivity index (χ3v) is 2.98. The van der Waals surface area contributed by atoms with E-state index in [0.29, 0.717) is 11.5 Å². The van der Waals surface area contributed by atoms with Crippen LogP contribution in [0.5, 0.6) is 0 Å². The summed E-state index contributed by atoms with van der Waals surface area (Å²) in [7, 11) is 2.08. The topological polar surface area (TPSA) is 12.0 Å². The van der Waals surface area contributed by atoms with Crippen molar-refractivity contribution in [3.63, 3.8) is 0 Å². The lowest BCUT2D eigenvalue weighted by Crippen LogP contribution is -2.28. The Kier molecular flexibility index (Phi) is 6.98. The minimum Gasteiger partial charge on any atom is -0.317 e. The lowest BCUT2D eigenvalue weighted by molar-refractivity contribution is 0.274. The highest BCUT2D eigenvalue weighted by Crippen LogP contribution is 2.27. The molecular formula is C15H31N. The van der Waals surface area contributed by atoms with E-state index < -0.39 is 0 Å². The second-order valence-corrected chi connectivity index (χ2v) is 6.59. The first-order valence-electron chi connectivity index (χ1n) is 6.56. The normalized spacial score (nSPS) is 15.9. The molecule has 1 heteroatoms. The molecule has 0 bridgehead atoms. The number of rotatable bonds is 7. The van der Waals surface area contributed by atoms with Crippen molar-refractivity contribution in [1.29, 1.82) is 0 Å². The molecule has 2 atom stereocenters. The molecule has 2 unspecified atom stereocenters. The van der Waals surface area contributed by atoms with Gasteiger partial charge in [0.25, 0.3) is 0 Å². The summed E-state index contributed by atoms with van der Waals surface area (Å²) in [5.41, 5.74) is 1.75. The van der Waals surface area contributed by atoms with E-state index in [4.69, 9.17) is 0 Å². The molecule has 0 aliphatic carbocycles. The predicted molar refractivity (Wildman–Crippen MR) is 74.7 cm³/mol. The van der Waals surface area contributed by atoms with Crippen molar-refractivity contribution >= 4 is 0 Å². The first-order chi connectivity index (χ1) is 7.24. The van der Waals surface area contributed by atoms with Gasteiger partial charge in [-0.15, -0.1) is 6.58 Å². The zero-order valence-electron chi connectivity index (χ0n) is 12.2. The van der Waals surface area contributed by atoms with Crippen molar-refractivity contribution in [3.05, 3.63) is 12.2 Å². The highest BCUT2D eigenvalue weighted by atomic mass is 14.9. The molecule has 0 saturated heterocycles. The number of allylic oxidation sites excluding steroid dienone is 1. The maximum Gasteiger partial charge on any atom is 0.00696 e. The maximum atomic E-state index is 3.97. The van der Waals surface area contributed by atoms with Crippen LogP contribution in [0.4, 0.5) is 0 Å². The molecule has 0 aliphatic heterocycles. The molecule has 0 fully saturated rings. The maximum absolute atomic E-state index is 3.97. The summed E-state index contributed by atoms with van der Waals surface area (Å²) in [6.07, 6.45) is 4.95. The van der Waals surface area contributed by atoms with Crippen LogP contribution in [0.1, 0.15) is 60.3 Å². The standard InChI is InChI=1S/C15H31N/c1-12(2)8-9-14(16-7)10-13(3)11-15(4,5)6/h13-14,16H,1,8-11H2,2-7H3. The van der Waals surface area contributed by atoms with Gasteiger partial charge in [0, 0.05) is 6.04 Å². The first kappa shape index (κ1) is 15.7. The molecule has 1 N–H and O–H groups in total. The molecule has 0 aromatic rings. The van der Waals surface area contributed by atoms with Crippen LogP contribution in [-0.4, -0.2) is 13.1 Å². The number of hydrogen-bond acceptors (Lipinski definition) is 1. The Balaban J connectivity index is 3.96. The fourth-order valence-electron chi connectivity index (χ4n) is 2.42. The molecule has 0 aliphatic rings. The van der Waals surface area contributed by atoms with Gasteiger partial charge in [0.2, 0.25) is 0 Å². The second kappa shape index (κ2) is 7.11. The fraction of sp³-hybridized carbons (Fsp3) is 0.867. The van der Waals surface area contributed by atoms with E-state index in [2.05, 4.69) is 53.6 Å². The average Bonchev–Trinajstić information content (AvgIpc) is 2.08. The van der Waals surface area contributed by atoms with Crippen LogP contribution < -0.4 is 5.32 Å². The van der Waals surface area contributed by atoms with Gasteiger partial charge in [-0.25, -0.2) is 0 Å². The summed E-state index contributed by atoms with van der Waals surface area (Å²) in [6.45, 7) is 15.4. The monoisotopic (exact) mass is 225 g/mol. The van der Waals surface area contributed by atoms with Crippen molar-refractivity contribution in [3.8, 4) is 0 Å². The lowest BCUT2D eigenvalue weighted by atomic mass is 9.82. The predicted octanol–water partition coefficient (Wildman–Crippen LogP) is 4.39. The molecule has 0 heterocycles. The van der Waals surface area contributed by atoms with E-state index >= 15 is 0 Å². The van der Waals surface area contributed by atoms with E-state index in [1.54, 1.807) is 0 Å². The lowest BCUT2D eigenvalue weighted by Gasteiger charge is -2.26. The van der Waals surface area contributed by atoms with Crippen molar-refractivity contribution in [2.45, 2.75) is 66.3 Å². The SMILES string of the molecule is C=C(C)CCC(CC(C)CC(C)(C)C)NC. The van der Waals surface area contributed by atoms with Crippen molar-refractivity contribution in [1.82, 2.24) is 5.32 Å². The van der Waals surface area contributed by atoms with Crippen molar-refractivity contribution in [2.75, 3.05) is 7.05 Å². The molecule has 0 aromatic carbocycles. The highest BCUT2D eigenvalue weighted by molar-refractivity contribution is 4.89. The molecule has 96 valence electrons. The minimum absolute atomic E-state index is 0.450.